The van der Waals surface area contributed by atoms with Crippen LogP contribution in [0.2, 0.25) is 0 Å². The van der Waals surface area contributed by atoms with Crippen LogP contribution in [0.1, 0.15) is 30.5 Å². The average molecular weight is 485 g/mol. The second-order valence-corrected chi connectivity index (χ2v) is 9.25. The van der Waals surface area contributed by atoms with E-state index in [1.165, 1.54) is 12.4 Å². The van der Waals surface area contributed by atoms with E-state index >= 15 is 0 Å². The number of nitrogens with zero attached hydrogens (tertiary/aromatic N) is 2. The van der Waals surface area contributed by atoms with Gasteiger partial charge in [0, 0.05) is 11.1 Å². The zero-order valence-corrected chi connectivity index (χ0v) is 18.6. The van der Waals surface area contributed by atoms with Crippen LogP contribution >= 0.6 is 11.8 Å². The quantitative estimate of drug-likeness (QED) is 0.404. The summed E-state index contributed by atoms with van der Waals surface area (Å²) >= 11 is 1.05. The number of allylic oxidation sites excluding steroid dienone is 1. The molecular weight excluding hydrogens is 465 g/mol. The Kier molecular flexibility index (Phi) is 6.84. The highest BCUT2D eigenvalue weighted by atomic mass is 32.2. The van der Waals surface area contributed by atoms with Gasteiger partial charge in [-0.3, -0.25) is 9.82 Å². The van der Waals surface area contributed by atoms with Crippen LogP contribution < -0.4 is 4.72 Å². The first-order valence-corrected chi connectivity index (χ1v) is 11.6. The number of sulfonamides is 1. The third kappa shape index (κ3) is 5.07. The monoisotopic (exact) mass is 484 g/mol. The molecule has 0 aliphatic heterocycles. The topological polar surface area (TPSA) is 108 Å². The lowest BCUT2D eigenvalue weighted by molar-refractivity contribution is -0.137. The minimum absolute atomic E-state index is 0.0283. The normalized spacial score (nSPS) is 12.4. The molecular formula is C20H19F3N4O3S2. The molecule has 0 fully saturated rings. The summed E-state index contributed by atoms with van der Waals surface area (Å²) < 4.78 is 66.7. The largest absolute Gasteiger partial charge is 0.506 e. The van der Waals surface area contributed by atoms with Crippen LogP contribution in [0, 0.1) is 0 Å². The Balaban J connectivity index is 2.06. The third-order valence-electron chi connectivity index (χ3n) is 4.43. The average Bonchev–Trinajstić information content (AvgIpc) is 3.24. The van der Waals surface area contributed by atoms with Crippen molar-refractivity contribution in [3.05, 3.63) is 59.4 Å². The van der Waals surface area contributed by atoms with Crippen molar-refractivity contribution in [3.8, 4) is 5.75 Å². The number of halogens is 3. The van der Waals surface area contributed by atoms with Crippen molar-refractivity contribution in [3.63, 3.8) is 0 Å². The summed E-state index contributed by atoms with van der Waals surface area (Å²) in [5.41, 5.74) is 0.164. The number of benzene rings is 2. The number of rotatable bonds is 7. The number of aromatic amines is 1. The van der Waals surface area contributed by atoms with Crippen molar-refractivity contribution in [1.82, 2.24) is 15.2 Å². The summed E-state index contributed by atoms with van der Waals surface area (Å²) in [4.78, 5) is 3.99. The van der Waals surface area contributed by atoms with Gasteiger partial charge in [-0.05, 0) is 55.4 Å². The maximum absolute atomic E-state index is 12.9. The molecule has 0 aliphatic rings. The van der Waals surface area contributed by atoms with Gasteiger partial charge in [0.2, 0.25) is 0 Å². The molecule has 12 heteroatoms. The molecule has 0 saturated heterocycles. The molecule has 2 aromatic carbocycles. The van der Waals surface area contributed by atoms with Crippen LogP contribution in [0.25, 0.3) is 6.08 Å². The van der Waals surface area contributed by atoms with Crippen molar-refractivity contribution in [1.29, 1.82) is 0 Å². The van der Waals surface area contributed by atoms with E-state index in [9.17, 15) is 26.7 Å². The Hall–Kier alpha value is -2.99. The van der Waals surface area contributed by atoms with Crippen molar-refractivity contribution < 1.29 is 26.7 Å². The molecule has 3 aromatic rings. The van der Waals surface area contributed by atoms with Gasteiger partial charge in [-0.25, -0.2) is 13.4 Å². The second kappa shape index (κ2) is 9.25. The van der Waals surface area contributed by atoms with E-state index in [0.717, 1.165) is 23.9 Å². The molecule has 7 nitrogen and oxygen atoms in total. The predicted octanol–water partition coefficient (Wildman–Crippen LogP) is 5.08. The molecule has 32 heavy (non-hydrogen) atoms. The lowest BCUT2D eigenvalue weighted by atomic mass is 10.0. The standard InChI is InChI=1S/C20H19F3N4O3S2/c1-3-5-15-14(4-2)18(28)17(31-19-24-11-25-26-19)10-16(15)27-32(29,30)13-8-6-12(7-9-13)20(21,22)23/h3,5-11,27-28H,4H2,1-2H3,(H,24,25,26). The molecule has 0 radical (unpaired) electrons. The summed E-state index contributed by atoms with van der Waals surface area (Å²) in [5.74, 6) is -0.0283. The van der Waals surface area contributed by atoms with Gasteiger partial charge in [0.05, 0.1) is 21.0 Å². The number of aromatic nitrogens is 3. The molecule has 1 heterocycles. The fourth-order valence-electron chi connectivity index (χ4n) is 2.97. The highest BCUT2D eigenvalue weighted by molar-refractivity contribution is 7.99. The van der Waals surface area contributed by atoms with Gasteiger partial charge >= 0.3 is 6.18 Å². The summed E-state index contributed by atoms with van der Waals surface area (Å²) in [5, 5.41) is 17.5. The van der Waals surface area contributed by atoms with Crippen LogP contribution in [-0.4, -0.2) is 28.7 Å². The van der Waals surface area contributed by atoms with Crippen molar-refractivity contribution in [2.24, 2.45) is 0 Å². The summed E-state index contributed by atoms with van der Waals surface area (Å²) in [6, 6.07) is 4.65. The third-order valence-corrected chi connectivity index (χ3v) is 6.74. The van der Waals surface area contributed by atoms with Gasteiger partial charge in [0.25, 0.3) is 10.0 Å². The number of aromatic hydroxyl groups is 1. The molecule has 0 atom stereocenters. The summed E-state index contributed by atoms with van der Waals surface area (Å²) in [6.45, 7) is 3.54. The fourth-order valence-corrected chi connectivity index (χ4v) is 4.84. The van der Waals surface area contributed by atoms with Gasteiger partial charge < -0.3 is 5.11 Å². The number of anilines is 1. The summed E-state index contributed by atoms with van der Waals surface area (Å²) in [6.07, 6.45) is 0.446. The molecule has 0 unspecified atom stereocenters. The Bertz CT molecular complexity index is 1220. The number of nitrogens with one attached hydrogen (secondary N) is 2. The van der Waals surface area contributed by atoms with Crippen LogP contribution in [0.3, 0.4) is 0 Å². The van der Waals surface area contributed by atoms with E-state index in [4.69, 9.17) is 0 Å². The number of hydrogen-bond acceptors (Lipinski definition) is 6. The molecule has 0 amide bonds. The van der Waals surface area contributed by atoms with E-state index in [1.54, 1.807) is 26.0 Å². The van der Waals surface area contributed by atoms with E-state index in [2.05, 4.69) is 19.9 Å². The fraction of sp³-hybridized carbons (Fsp3) is 0.200. The predicted molar refractivity (Wildman–Crippen MR) is 115 cm³/mol. The van der Waals surface area contributed by atoms with Crippen molar-refractivity contribution >= 4 is 33.5 Å². The van der Waals surface area contributed by atoms with E-state index in [0.29, 0.717) is 39.7 Å². The van der Waals surface area contributed by atoms with Crippen LogP contribution in [0.15, 0.2) is 57.7 Å². The van der Waals surface area contributed by atoms with Gasteiger partial charge in [-0.1, -0.05) is 19.1 Å². The maximum Gasteiger partial charge on any atom is 0.416 e. The minimum atomic E-state index is -4.57. The Labute approximate surface area is 186 Å². The molecule has 3 rings (SSSR count). The smallest absolute Gasteiger partial charge is 0.416 e. The SMILES string of the molecule is CC=Cc1c(NS(=O)(=O)c2ccc(C(F)(F)F)cc2)cc(Sc2ncn[nH]2)c(O)c1CC. The number of phenolic OH excluding ortho intramolecular Hbond substituents is 1. The molecule has 3 N–H and O–H groups in total. The molecule has 170 valence electrons. The molecule has 0 bridgehead atoms. The molecule has 0 aliphatic carbocycles. The summed E-state index contributed by atoms with van der Waals surface area (Å²) in [7, 11) is -4.21. The van der Waals surface area contributed by atoms with Crippen molar-refractivity contribution in [2.75, 3.05) is 4.72 Å². The highest BCUT2D eigenvalue weighted by Gasteiger charge is 2.31. The Morgan fingerprint density at radius 3 is 2.47 bits per heavy atom. The zero-order chi connectivity index (χ0) is 23.5. The molecule has 0 spiro atoms. The van der Waals surface area contributed by atoms with Gasteiger partial charge in [0.15, 0.2) is 5.16 Å². The van der Waals surface area contributed by atoms with Crippen LogP contribution in [0.5, 0.6) is 5.75 Å². The first-order valence-electron chi connectivity index (χ1n) is 9.31. The number of phenols is 1. The van der Waals surface area contributed by atoms with E-state index in [1.807, 2.05) is 0 Å². The second-order valence-electron chi connectivity index (χ2n) is 6.54. The Morgan fingerprint density at radius 1 is 1.25 bits per heavy atom. The Morgan fingerprint density at radius 2 is 1.94 bits per heavy atom. The first kappa shape index (κ1) is 23.7. The molecule has 1 aromatic heterocycles. The van der Waals surface area contributed by atoms with Gasteiger partial charge in [-0.15, -0.1) is 0 Å². The van der Waals surface area contributed by atoms with Gasteiger partial charge in [0.1, 0.15) is 12.1 Å². The lowest BCUT2D eigenvalue weighted by Gasteiger charge is -2.18. The van der Waals surface area contributed by atoms with Crippen molar-refractivity contribution in [2.45, 2.75) is 41.4 Å². The lowest BCUT2D eigenvalue weighted by Crippen LogP contribution is -2.15. The number of H-pyrrole nitrogens is 1. The van der Waals surface area contributed by atoms with Gasteiger partial charge in [-0.2, -0.15) is 18.3 Å². The minimum Gasteiger partial charge on any atom is -0.506 e. The highest BCUT2D eigenvalue weighted by Crippen LogP contribution is 2.41. The zero-order valence-electron chi connectivity index (χ0n) is 16.9. The van der Waals surface area contributed by atoms with Crippen LogP contribution in [-0.2, 0) is 22.6 Å². The van der Waals surface area contributed by atoms with E-state index < -0.39 is 21.8 Å². The molecule has 0 saturated carbocycles. The number of alkyl halides is 3. The van der Waals surface area contributed by atoms with E-state index in [-0.39, 0.29) is 16.3 Å². The number of hydrogen-bond donors (Lipinski definition) is 3. The van der Waals surface area contributed by atoms with Crippen LogP contribution in [0.4, 0.5) is 18.9 Å². The maximum atomic E-state index is 12.9. The first-order chi connectivity index (χ1) is 15.1.